The van der Waals surface area contributed by atoms with Gasteiger partial charge < -0.3 is 5.32 Å². The lowest BCUT2D eigenvalue weighted by molar-refractivity contribution is -0.144. The van der Waals surface area contributed by atoms with Crippen LogP contribution >= 0.6 is 11.6 Å². The van der Waals surface area contributed by atoms with Gasteiger partial charge in [-0.15, -0.1) is 0 Å². The minimum absolute atomic E-state index is 0.188. The van der Waals surface area contributed by atoms with E-state index in [-0.39, 0.29) is 5.69 Å². The lowest BCUT2D eigenvalue weighted by Crippen LogP contribution is -2.24. The lowest BCUT2D eigenvalue weighted by atomic mass is 10.2. The molecular formula is C19H19ClF3N5O. The van der Waals surface area contributed by atoms with E-state index in [2.05, 4.69) is 15.5 Å². The standard InChI is InChI=1S/C19H19ClF3N5O/c1-11-8-16(19(21,22)23)28(25-11)10-17(29)24-18-12(2)26-27(13(18)3)9-14-4-6-15(20)7-5-14/h4-8H,9-10H2,1-3H3,(H,24,29). The fourth-order valence-corrected chi connectivity index (χ4v) is 3.13. The molecule has 0 aliphatic rings. The number of carbonyl (C=O) groups excluding carboxylic acids is 1. The third-order valence-corrected chi connectivity index (χ3v) is 4.63. The summed E-state index contributed by atoms with van der Waals surface area (Å²) in [5.74, 6) is -0.615. The lowest BCUT2D eigenvalue weighted by Gasteiger charge is -2.11. The van der Waals surface area contributed by atoms with Crippen molar-refractivity contribution in [3.8, 4) is 0 Å². The summed E-state index contributed by atoms with van der Waals surface area (Å²) in [7, 11) is 0. The smallest absolute Gasteiger partial charge is 0.321 e. The Morgan fingerprint density at radius 3 is 2.38 bits per heavy atom. The highest BCUT2D eigenvalue weighted by molar-refractivity contribution is 6.30. The van der Waals surface area contributed by atoms with E-state index in [1.165, 1.54) is 6.92 Å². The maximum atomic E-state index is 13.1. The normalized spacial score (nSPS) is 11.7. The zero-order chi connectivity index (χ0) is 21.3. The van der Waals surface area contributed by atoms with Gasteiger partial charge in [-0.2, -0.15) is 23.4 Å². The molecule has 0 radical (unpaired) electrons. The van der Waals surface area contributed by atoms with Crippen LogP contribution in [0.1, 0.15) is 28.3 Å². The molecule has 3 rings (SSSR count). The van der Waals surface area contributed by atoms with Crippen molar-refractivity contribution in [2.45, 2.75) is 40.0 Å². The van der Waals surface area contributed by atoms with Crippen molar-refractivity contribution < 1.29 is 18.0 Å². The summed E-state index contributed by atoms with van der Waals surface area (Å²) < 4.78 is 41.6. The average Bonchev–Trinajstić information content (AvgIpc) is 3.11. The molecule has 0 bridgehead atoms. The second kappa shape index (κ2) is 7.90. The molecule has 0 aliphatic heterocycles. The third-order valence-electron chi connectivity index (χ3n) is 4.38. The Bertz CT molecular complexity index is 1040. The molecule has 10 heteroatoms. The van der Waals surface area contributed by atoms with Crippen LogP contribution in [-0.4, -0.2) is 25.5 Å². The molecule has 0 aliphatic carbocycles. The number of rotatable bonds is 5. The maximum Gasteiger partial charge on any atom is 0.433 e. The zero-order valence-corrected chi connectivity index (χ0v) is 16.8. The molecule has 2 heterocycles. The van der Waals surface area contributed by atoms with E-state index in [4.69, 9.17) is 11.6 Å². The van der Waals surface area contributed by atoms with E-state index in [0.717, 1.165) is 11.6 Å². The Hall–Kier alpha value is -2.81. The van der Waals surface area contributed by atoms with Crippen molar-refractivity contribution in [3.63, 3.8) is 0 Å². The molecule has 3 aromatic rings. The zero-order valence-electron chi connectivity index (χ0n) is 16.0. The first kappa shape index (κ1) is 20.9. The van der Waals surface area contributed by atoms with E-state index >= 15 is 0 Å². The summed E-state index contributed by atoms with van der Waals surface area (Å²) in [5, 5.41) is 11.5. The predicted octanol–water partition coefficient (Wildman–Crippen LogP) is 4.36. The molecule has 0 spiro atoms. The minimum Gasteiger partial charge on any atom is -0.321 e. The third kappa shape index (κ3) is 4.79. The van der Waals surface area contributed by atoms with Crippen LogP contribution in [0, 0.1) is 20.8 Å². The van der Waals surface area contributed by atoms with Crippen LogP contribution in [0.3, 0.4) is 0 Å². The number of hydrogen-bond donors (Lipinski definition) is 1. The summed E-state index contributed by atoms with van der Waals surface area (Å²) in [6.07, 6.45) is -4.59. The molecular weight excluding hydrogens is 407 g/mol. The monoisotopic (exact) mass is 425 g/mol. The number of benzene rings is 1. The minimum atomic E-state index is -4.59. The van der Waals surface area contributed by atoms with Crippen LogP contribution < -0.4 is 5.32 Å². The number of nitrogens with one attached hydrogen (secondary N) is 1. The largest absolute Gasteiger partial charge is 0.433 e. The number of aromatic nitrogens is 4. The van der Waals surface area contributed by atoms with Crippen LogP contribution in [0.15, 0.2) is 30.3 Å². The first-order valence-corrected chi connectivity index (χ1v) is 9.12. The summed E-state index contributed by atoms with van der Waals surface area (Å²) in [4.78, 5) is 12.4. The molecule has 2 aromatic heterocycles. The van der Waals surface area contributed by atoms with Crippen LogP contribution in [0.25, 0.3) is 0 Å². The summed E-state index contributed by atoms with van der Waals surface area (Å²) in [6.45, 7) is 4.86. The molecule has 6 nitrogen and oxygen atoms in total. The van der Waals surface area contributed by atoms with Gasteiger partial charge in [0.15, 0.2) is 0 Å². The SMILES string of the molecule is Cc1cc(C(F)(F)F)n(CC(=O)Nc2c(C)nn(Cc3ccc(Cl)cc3)c2C)n1. The molecule has 1 aromatic carbocycles. The highest BCUT2D eigenvalue weighted by Crippen LogP contribution is 2.30. The second-order valence-corrected chi connectivity index (χ2v) is 7.14. The highest BCUT2D eigenvalue weighted by atomic mass is 35.5. The molecule has 1 amide bonds. The van der Waals surface area contributed by atoms with Gasteiger partial charge in [0.2, 0.25) is 5.91 Å². The van der Waals surface area contributed by atoms with E-state index in [9.17, 15) is 18.0 Å². The van der Waals surface area contributed by atoms with Gasteiger partial charge in [0.05, 0.1) is 29.3 Å². The maximum absolute atomic E-state index is 13.1. The van der Waals surface area contributed by atoms with Gasteiger partial charge in [0.1, 0.15) is 12.2 Å². The number of anilines is 1. The number of hydrogen-bond acceptors (Lipinski definition) is 3. The van der Waals surface area contributed by atoms with Gasteiger partial charge in [0.25, 0.3) is 0 Å². The van der Waals surface area contributed by atoms with Crippen molar-refractivity contribution in [2.75, 3.05) is 5.32 Å². The fraction of sp³-hybridized carbons (Fsp3) is 0.316. The molecule has 1 N–H and O–H groups in total. The van der Waals surface area contributed by atoms with E-state index in [1.54, 1.807) is 30.7 Å². The van der Waals surface area contributed by atoms with Crippen LogP contribution in [0.4, 0.5) is 18.9 Å². The average molecular weight is 426 g/mol. The van der Waals surface area contributed by atoms with Crippen molar-refractivity contribution in [1.29, 1.82) is 0 Å². The molecule has 0 unspecified atom stereocenters. The van der Waals surface area contributed by atoms with Gasteiger partial charge in [-0.05, 0) is 44.5 Å². The Balaban J connectivity index is 1.76. The summed E-state index contributed by atoms with van der Waals surface area (Å²) in [6, 6.07) is 8.20. The molecule has 0 fully saturated rings. The Morgan fingerprint density at radius 2 is 1.76 bits per heavy atom. The van der Waals surface area contributed by atoms with Gasteiger partial charge in [-0.25, -0.2) is 0 Å². The second-order valence-electron chi connectivity index (χ2n) is 6.70. The number of alkyl halides is 3. The summed E-state index contributed by atoms with van der Waals surface area (Å²) in [5.41, 5.74) is 1.93. The van der Waals surface area contributed by atoms with Crippen LogP contribution in [-0.2, 0) is 24.1 Å². The number of halogens is 4. The van der Waals surface area contributed by atoms with E-state index in [1.807, 2.05) is 12.1 Å². The van der Waals surface area contributed by atoms with Crippen molar-refractivity contribution in [3.05, 3.63) is 63.7 Å². The topological polar surface area (TPSA) is 64.7 Å². The molecule has 0 saturated carbocycles. The van der Waals surface area contributed by atoms with Crippen LogP contribution in [0.2, 0.25) is 5.02 Å². The quantitative estimate of drug-likeness (QED) is 0.660. The fourth-order valence-electron chi connectivity index (χ4n) is 3.00. The Kier molecular flexibility index (Phi) is 5.70. The van der Waals surface area contributed by atoms with Gasteiger partial charge in [0, 0.05) is 5.02 Å². The van der Waals surface area contributed by atoms with Gasteiger partial charge >= 0.3 is 6.18 Å². The Morgan fingerprint density at radius 1 is 1.10 bits per heavy atom. The first-order valence-electron chi connectivity index (χ1n) is 8.74. The van der Waals surface area contributed by atoms with Crippen molar-refractivity contribution in [2.24, 2.45) is 0 Å². The number of amides is 1. The molecule has 154 valence electrons. The van der Waals surface area contributed by atoms with Crippen molar-refractivity contribution >= 4 is 23.2 Å². The summed E-state index contributed by atoms with van der Waals surface area (Å²) >= 11 is 5.89. The number of nitrogens with zero attached hydrogens (tertiary/aromatic N) is 4. The van der Waals surface area contributed by atoms with Crippen molar-refractivity contribution in [1.82, 2.24) is 19.6 Å². The number of carbonyl (C=O) groups is 1. The molecule has 0 saturated heterocycles. The Labute approximate surface area is 170 Å². The molecule has 0 atom stereocenters. The van der Waals surface area contributed by atoms with Gasteiger partial charge in [-0.3, -0.25) is 14.2 Å². The van der Waals surface area contributed by atoms with E-state index < -0.39 is 24.3 Å². The molecule has 29 heavy (non-hydrogen) atoms. The van der Waals surface area contributed by atoms with Gasteiger partial charge in [-0.1, -0.05) is 23.7 Å². The van der Waals surface area contributed by atoms with E-state index in [0.29, 0.717) is 33.3 Å². The van der Waals surface area contributed by atoms with Crippen LogP contribution in [0.5, 0.6) is 0 Å². The highest BCUT2D eigenvalue weighted by Gasteiger charge is 2.35. The predicted molar refractivity (Wildman–Crippen MR) is 103 cm³/mol. The number of aryl methyl sites for hydroxylation is 2. The first-order chi connectivity index (χ1) is 13.5.